The van der Waals surface area contributed by atoms with Gasteiger partial charge >= 0.3 is 0 Å². The zero-order valence-electron chi connectivity index (χ0n) is 8.36. The maximum Gasteiger partial charge on any atom is 0.154 e. The summed E-state index contributed by atoms with van der Waals surface area (Å²) >= 11 is 0. The van der Waals surface area contributed by atoms with E-state index in [1.807, 2.05) is 13.8 Å². The zero-order chi connectivity index (χ0) is 10.1. The first-order chi connectivity index (χ1) is 5.95. The van der Waals surface area contributed by atoms with Crippen molar-refractivity contribution in [3.8, 4) is 0 Å². The van der Waals surface area contributed by atoms with Crippen LogP contribution >= 0.6 is 0 Å². The maximum atomic E-state index is 11.6. The van der Waals surface area contributed by atoms with Crippen molar-refractivity contribution in [3.63, 3.8) is 0 Å². The molecule has 0 aromatic heterocycles. The third-order valence-corrected chi connectivity index (χ3v) is 5.16. The quantitative estimate of drug-likeness (QED) is 0.729. The molecule has 1 fully saturated rings. The lowest BCUT2D eigenvalue weighted by atomic mass is 9.98. The Balaban J connectivity index is 2.77. The fraction of sp³-hybridized carbons (Fsp3) is 1.00. The molecule has 0 aliphatic carbocycles. The first kappa shape index (κ1) is 11.0. The minimum Gasteiger partial charge on any atom is -0.326 e. The molecule has 2 N–H and O–H groups in total. The van der Waals surface area contributed by atoms with Gasteiger partial charge in [0.05, 0.1) is 11.0 Å². The van der Waals surface area contributed by atoms with Crippen LogP contribution in [0.3, 0.4) is 0 Å². The molecule has 0 aromatic rings. The van der Waals surface area contributed by atoms with Crippen molar-refractivity contribution < 1.29 is 8.42 Å². The summed E-state index contributed by atoms with van der Waals surface area (Å²) in [7, 11) is -2.89. The highest BCUT2D eigenvalue weighted by molar-refractivity contribution is 7.92. The second-order valence-corrected chi connectivity index (χ2v) is 6.56. The van der Waals surface area contributed by atoms with Crippen molar-refractivity contribution in [2.45, 2.75) is 44.4 Å². The summed E-state index contributed by atoms with van der Waals surface area (Å²) in [5, 5.41) is -0.291. The molecule has 0 spiro atoms. The summed E-state index contributed by atoms with van der Waals surface area (Å²) < 4.78 is 23.3. The summed E-state index contributed by atoms with van der Waals surface area (Å²) in [5.74, 6) is 0.579. The SMILES string of the molecule is CC(C)C(N)C1CCCCS1(=O)=O. The fourth-order valence-electron chi connectivity index (χ4n) is 1.84. The standard InChI is InChI=1S/C9H19NO2S/c1-7(2)9(10)8-5-3-4-6-13(8,11)12/h7-9H,3-6,10H2,1-2H3. The average molecular weight is 205 g/mol. The second kappa shape index (κ2) is 3.96. The van der Waals surface area contributed by atoms with Crippen LogP contribution in [-0.2, 0) is 9.84 Å². The van der Waals surface area contributed by atoms with Crippen LogP contribution in [0.15, 0.2) is 0 Å². The van der Waals surface area contributed by atoms with Gasteiger partial charge in [0.25, 0.3) is 0 Å². The van der Waals surface area contributed by atoms with Crippen molar-refractivity contribution in [2.75, 3.05) is 5.75 Å². The molecule has 0 aromatic carbocycles. The van der Waals surface area contributed by atoms with Gasteiger partial charge in [-0.3, -0.25) is 0 Å². The average Bonchev–Trinajstić information content (AvgIpc) is 2.02. The molecule has 1 heterocycles. The van der Waals surface area contributed by atoms with E-state index < -0.39 is 9.84 Å². The molecular weight excluding hydrogens is 186 g/mol. The molecule has 1 aliphatic rings. The highest BCUT2D eigenvalue weighted by atomic mass is 32.2. The molecule has 2 unspecified atom stereocenters. The van der Waals surface area contributed by atoms with E-state index in [0.717, 1.165) is 19.3 Å². The molecule has 2 atom stereocenters. The molecule has 13 heavy (non-hydrogen) atoms. The molecule has 0 amide bonds. The Hall–Kier alpha value is -0.0900. The lowest BCUT2D eigenvalue weighted by molar-refractivity contribution is 0.424. The molecule has 0 radical (unpaired) electrons. The normalized spacial score (nSPS) is 30.3. The third kappa shape index (κ3) is 2.44. The topological polar surface area (TPSA) is 60.2 Å². The van der Waals surface area contributed by atoms with E-state index in [4.69, 9.17) is 5.73 Å². The van der Waals surface area contributed by atoms with Gasteiger partial charge in [0.2, 0.25) is 0 Å². The summed E-state index contributed by atoms with van der Waals surface area (Å²) in [6, 6.07) is -0.190. The van der Waals surface area contributed by atoms with Gasteiger partial charge in [-0.2, -0.15) is 0 Å². The first-order valence-corrected chi connectivity index (χ1v) is 6.64. The van der Waals surface area contributed by atoms with Crippen molar-refractivity contribution >= 4 is 9.84 Å². The van der Waals surface area contributed by atoms with Crippen LogP contribution in [0.1, 0.15) is 33.1 Å². The molecule has 1 saturated heterocycles. The van der Waals surface area contributed by atoms with Gasteiger partial charge in [-0.25, -0.2) is 8.42 Å². The van der Waals surface area contributed by atoms with Crippen LogP contribution in [0.4, 0.5) is 0 Å². The second-order valence-electron chi connectivity index (χ2n) is 4.22. The Labute approximate surface area is 80.6 Å². The van der Waals surface area contributed by atoms with Crippen LogP contribution in [-0.4, -0.2) is 25.5 Å². The molecule has 1 rings (SSSR count). The van der Waals surface area contributed by atoms with Crippen LogP contribution in [0.5, 0.6) is 0 Å². The number of rotatable bonds is 2. The Morgan fingerprint density at radius 3 is 2.38 bits per heavy atom. The van der Waals surface area contributed by atoms with Gasteiger partial charge in [-0.15, -0.1) is 0 Å². The Bertz CT molecular complexity index is 259. The van der Waals surface area contributed by atoms with Gasteiger partial charge < -0.3 is 5.73 Å². The molecular formula is C9H19NO2S. The van der Waals surface area contributed by atoms with E-state index in [2.05, 4.69) is 0 Å². The molecule has 0 bridgehead atoms. The van der Waals surface area contributed by atoms with Crippen LogP contribution in [0.2, 0.25) is 0 Å². The molecule has 1 aliphatic heterocycles. The highest BCUT2D eigenvalue weighted by Crippen LogP contribution is 2.24. The van der Waals surface area contributed by atoms with Gasteiger partial charge in [-0.05, 0) is 18.8 Å². The minimum absolute atomic E-state index is 0.190. The monoisotopic (exact) mass is 205 g/mol. The molecule has 3 nitrogen and oxygen atoms in total. The van der Waals surface area contributed by atoms with Crippen LogP contribution in [0.25, 0.3) is 0 Å². The predicted molar refractivity (Wildman–Crippen MR) is 54.2 cm³/mol. The third-order valence-electron chi connectivity index (χ3n) is 2.83. The van der Waals surface area contributed by atoms with Crippen molar-refractivity contribution in [1.82, 2.24) is 0 Å². The maximum absolute atomic E-state index is 11.6. The molecule has 78 valence electrons. The van der Waals surface area contributed by atoms with Gasteiger partial charge in [0, 0.05) is 6.04 Å². The number of nitrogens with two attached hydrogens (primary N) is 1. The molecule has 0 saturated carbocycles. The fourth-order valence-corrected chi connectivity index (χ4v) is 4.07. The smallest absolute Gasteiger partial charge is 0.154 e. The minimum atomic E-state index is -2.89. The lowest BCUT2D eigenvalue weighted by Gasteiger charge is -2.29. The Morgan fingerprint density at radius 2 is 1.92 bits per heavy atom. The van der Waals surface area contributed by atoms with E-state index in [9.17, 15) is 8.42 Å². The largest absolute Gasteiger partial charge is 0.326 e. The Kier molecular flexibility index (Phi) is 3.35. The van der Waals surface area contributed by atoms with E-state index in [1.165, 1.54) is 0 Å². The summed E-state index contributed by atoms with van der Waals surface area (Å²) in [5.41, 5.74) is 5.89. The van der Waals surface area contributed by atoms with Crippen LogP contribution in [0, 0.1) is 5.92 Å². The van der Waals surface area contributed by atoms with Gasteiger partial charge in [0.1, 0.15) is 0 Å². The van der Waals surface area contributed by atoms with Crippen molar-refractivity contribution in [2.24, 2.45) is 11.7 Å². The number of hydrogen-bond donors (Lipinski definition) is 1. The van der Waals surface area contributed by atoms with Crippen LogP contribution < -0.4 is 5.73 Å². The van der Waals surface area contributed by atoms with Crippen molar-refractivity contribution in [3.05, 3.63) is 0 Å². The summed E-state index contributed by atoms with van der Waals surface area (Å²) in [6.07, 6.45) is 2.57. The first-order valence-electron chi connectivity index (χ1n) is 4.92. The number of hydrogen-bond acceptors (Lipinski definition) is 3. The van der Waals surface area contributed by atoms with Crippen molar-refractivity contribution in [1.29, 1.82) is 0 Å². The summed E-state index contributed by atoms with van der Waals surface area (Å²) in [6.45, 7) is 3.96. The Morgan fingerprint density at radius 1 is 1.31 bits per heavy atom. The van der Waals surface area contributed by atoms with Gasteiger partial charge in [-0.1, -0.05) is 20.3 Å². The molecule has 4 heteroatoms. The zero-order valence-corrected chi connectivity index (χ0v) is 9.18. The van der Waals surface area contributed by atoms with E-state index in [0.29, 0.717) is 5.75 Å². The van der Waals surface area contributed by atoms with E-state index in [1.54, 1.807) is 0 Å². The summed E-state index contributed by atoms with van der Waals surface area (Å²) in [4.78, 5) is 0. The van der Waals surface area contributed by atoms with E-state index >= 15 is 0 Å². The number of sulfone groups is 1. The predicted octanol–water partition coefficient (Wildman–Crippen LogP) is 0.937. The van der Waals surface area contributed by atoms with E-state index in [-0.39, 0.29) is 17.2 Å². The lowest BCUT2D eigenvalue weighted by Crippen LogP contribution is -2.46. The highest BCUT2D eigenvalue weighted by Gasteiger charge is 2.34. The van der Waals surface area contributed by atoms with Gasteiger partial charge in [0.15, 0.2) is 9.84 Å².